The van der Waals surface area contributed by atoms with Crippen LogP contribution in [-0.4, -0.2) is 21.9 Å². The van der Waals surface area contributed by atoms with Gasteiger partial charge >= 0.3 is 0 Å². The van der Waals surface area contributed by atoms with Crippen LogP contribution in [0.25, 0.3) is 0 Å². The van der Waals surface area contributed by atoms with Crippen LogP contribution >= 0.6 is 0 Å². The number of aromatic nitrogens is 3. The van der Waals surface area contributed by atoms with E-state index in [2.05, 4.69) is 33.6 Å². The quantitative estimate of drug-likeness (QED) is 0.897. The Morgan fingerprint density at radius 1 is 1.21 bits per heavy atom. The number of aryl methyl sites for hydroxylation is 1. The lowest BCUT2D eigenvalue weighted by Gasteiger charge is -2.22. The molecule has 1 aliphatic rings. The SMILES string of the molecule is COc1ccc([C@H]2C=C(C)Nc3nc(C)nn32)cc1. The molecule has 1 aliphatic heterocycles. The number of anilines is 1. The highest BCUT2D eigenvalue weighted by Crippen LogP contribution is 2.29. The van der Waals surface area contributed by atoms with Crippen LogP contribution in [-0.2, 0) is 0 Å². The molecule has 98 valence electrons. The van der Waals surface area contributed by atoms with Crippen molar-refractivity contribution in [2.24, 2.45) is 0 Å². The molecule has 0 spiro atoms. The predicted molar refractivity (Wildman–Crippen MR) is 73.3 cm³/mol. The second-order valence-corrected chi connectivity index (χ2v) is 4.62. The van der Waals surface area contributed by atoms with Crippen LogP contribution in [0.2, 0.25) is 0 Å². The summed E-state index contributed by atoms with van der Waals surface area (Å²) in [5.41, 5.74) is 2.24. The van der Waals surface area contributed by atoms with Gasteiger partial charge in [0.05, 0.1) is 7.11 Å². The first-order valence-corrected chi connectivity index (χ1v) is 6.20. The third kappa shape index (κ3) is 2.07. The zero-order chi connectivity index (χ0) is 13.4. The summed E-state index contributed by atoms with van der Waals surface area (Å²) in [5, 5.41) is 7.68. The first-order valence-electron chi connectivity index (χ1n) is 6.20. The van der Waals surface area contributed by atoms with Gasteiger partial charge in [-0.25, -0.2) is 4.68 Å². The van der Waals surface area contributed by atoms with E-state index in [0.29, 0.717) is 0 Å². The number of benzene rings is 1. The van der Waals surface area contributed by atoms with Gasteiger partial charge in [0.25, 0.3) is 0 Å². The highest BCUT2D eigenvalue weighted by atomic mass is 16.5. The highest BCUT2D eigenvalue weighted by molar-refractivity contribution is 5.43. The Kier molecular flexibility index (Phi) is 2.74. The Morgan fingerprint density at radius 3 is 2.63 bits per heavy atom. The van der Waals surface area contributed by atoms with Gasteiger partial charge in [0.15, 0.2) is 0 Å². The van der Waals surface area contributed by atoms with E-state index in [-0.39, 0.29) is 6.04 Å². The highest BCUT2D eigenvalue weighted by Gasteiger charge is 2.22. The number of fused-ring (bicyclic) bond motifs is 1. The molecule has 0 saturated heterocycles. The zero-order valence-corrected chi connectivity index (χ0v) is 11.2. The van der Waals surface area contributed by atoms with Crippen molar-refractivity contribution in [2.75, 3.05) is 12.4 Å². The fourth-order valence-corrected chi connectivity index (χ4v) is 2.27. The first-order chi connectivity index (χ1) is 9.17. The van der Waals surface area contributed by atoms with Crippen molar-refractivity contribution >= 4 is 5.95 Å². The summed E-state index contributed by atoms with van der Waals surface area (Å²) in [6.45, 7) is 3.93. The van der Waals surface area contributed by atoms with E-state index < -0.39 is 0 Å². The summed E-state index contributed by atoms with van der Waals surface area (Å²) in [6, 6.07) is 8.11. The monoisotopic (exact) mass is 256 g/mol. The lowest BCUT2D eigenvalue weighted by atomic mass is 10.0. The van der Waals surface area contributed by atoms with Crippen molar-refractivity contribution < 1.29 is 4.74 Å². The van der Waals surface area contributed by atoms with E-state index in [9.17, 15) is 0 Å². The topological polar surface area (TPSA) is 52.0 Å². The molecular formula is C14H16N4O. The molecule has 2 aromatic rings. The fourth-order valence-electron chi connectivity index (χ4n) is 2.27. The van der Waals surface area contributed by atoms with Crippen LogP contribution < -0.4 is 10.1 Å². The number of rotatable bonds is 2. The maximum atomic E-state index is 5.19. The molecule has 3 rings (SSSR count). The molecule has 0 bridgehead atoms. The number of nitrogens with zero attached hydrogens (tertiary/aromatic N) is 3. The van der Waals surface area contributed by atoms with Crippen molar-refractivity contribution in [1.29, 1.82) is 0 Å². The van der Waals surface area contributed by atoms with Crippen LogP contribution in [0.15, 0.2) is 36.0 Å². The van der Waals surface area contributed by atoms with Gasteiger partial charge in [0, 0.05) is 5.70 Å². The summed E-state index contributed by atoms with van der Waals surface area (Å²) in [7, 11) is 1.67. The van der Waals surface area contributed by atoms with Crippen molar-refractivity contribution in [3.8, 4) is 5.75 Å². The van der Waals surface area contributed by atoms with Crippen LogP contribution in [0.4, 0.5) is 5.95 Å². The summed E-state index contributed by atoms with van der Waals surface area (Å²) in [4.78, 5) is 4.39. The first kappa shape index (κ1) is 11.8. The minimum absolute atomic E-state index is 0.0726. The Hall–Kier alpha value is -2.30. The number of methoxy groups -OCH3 is 1. The second-order valence-electron chi connectivity index (χ2n) is 4.62. The molecule has 1 N–H and O–H groups in total. The van der Waals surface area contributed by atoms with Gasteiger partial charge in [-0.15, -0.1) is 0 Å². The Bertz CT molecular complexity index is 627. The van der Waals surface area contributed by atoms with Gasteiger partial charge in [0.1, 0.15) is 17.6 Å². The molecule has 0 radical (unpaired) electrons. The van der Waals surface area contributed by atoms with Crippen LogP contribution in [0.3, 0.4) is 0 Å². The third-order valence-corrected chi connectivity index (χ3v) is 3.17. The summed E-state index contributed by atoms with van der Waals surface area (Å²) in [6.07, 6.45) is 2.14. The van der Waals surface area contributed by atoms with Gasteiger partial charge in [0.2, 0.25) is 5.95 Å². The largest absolute Gasteiger partial charge is 0.497 e. The summed E-state index contributed by atoms with van der Waals surface area (Å²) in [5.74, 6) is 2.41. The minimum atomic E-state index is 0.0726. The predicted octanol–water partition coefficient (Wildman–Crippen LogP) is 2.51. The standard InChI is InChI=1S/C14H16N4O/c1-9-8-13(11-4-6-12(19-3)7-5-11)18-14(15-9)16-10(2)17-18/h4-8,13H,1-3H3,(H,15,16,17)/t13-/m1/s1. The number of hydrogen-bond acceptors (Lipinski definition) is 4. The molecule has 0 saturated carbocycles. The van der Waals surface area contributed by atoms with E-state index in [1.165, 1.54) is 0 Å². The molecular weight excluding hydrogens is 240 g/mol. The maximum Gasteiger partial charge on any atom is 0.226 e. The maximum absolute atomic E-state index is 5.19. The van der Waals surface area contributed by atoms with Gasteiger partial charge in [-0.2, -0.15) is 10.1 Å². The van der Waals surface area contributed by atoms with Crippen LogP contribution in [0, 0.1) is 6.92 Å². The van der Waals surface area contributed by atoms with E-state index in [0.717, 1.165) is 28.8 Å². The van der Waals surface area contributed by atoms with Crippen LogP contribution in [0.1, 0.15) is 24.4 Å². The average Bonchev–Trinajstić information content (AvgIpc) is 2.78. The normalized spacial score (nSPS) is 17.4. The van der Waals surface area contributed by atoms with E-state index in [4.69, 9.17) is 4.74 Å². The second kappa shape index (κ2) is 4.42. The minimum Gasteiger partial charge on any atom is -0.497 e. The Morgan fingerprint density at radius 2 is 1.95 bits per heavy atom. The third-order valence-electron chi connectivity index (χ3n) is 3.17. The molecule has 0 amide bonds. The molecule has 0 unspecified atom stereocenters. The fraction of sp³-hybridized carbons (Fsp3) is 0.286. The molecule has 2 heterocycles. The summed E-state index contributed by atoms with van der Waals surface area (Å²) < 4.78 is 7.10. The van der Waals surface area contributed by atoms with Crippen molar-refractivity contribution in [1.82, 2.24) is 14.8 Å². The number of hydrogen-bond donors (Lipinski definition) is 1. The number of allylic oxidation sites excluding steroid dienone is 2. The molecule has 19 heavy (non-hydrogen) atoms. The molecule has 5 nitrogen and oxygen atoms in total. The molecule has 1 aromatic carbocycles. The van der Waals surface area contributed by atoms with Crippen molar-refractivity contribution in [2.45, 2.75) is 19.9 Å². The lowest BCUT2D eigenvalue weighted by molar-refractivity contribution is 0.414. The van der Waals surface area contributed by atoms with Gasteiger partial charge in [-0.1, -0.05) is 12.1 Å². The smallest absolute Gasteiger partial charge is 0.226 e. The molecule has 1 atom stereocenters. The van der Waals surface area contributed by atoms with Gasteiger partial charge in [-0.3, -0.25) is 0 Å². The molecule has 0 fully saturated rings. The zero-order valence-electron chi connectivity index (χ0n) is 11.2. The number of ether oxygens (including phenoxy) is 1. The van der Waals surface area contributed by atoms with Gasteiger partial charge < -0.3 is 10.1 Å². The van der Waals surface area contributed by atoms with E-state index in [1.807, 2.05) is 30.7 Å². The van der Waals surface area contributed by atoms with Crippen molar-refractivity contribution in [3.05, 3.63) is 47.4 Å². The van der Waals surface area contributed by atoms with E-state index >= 15 is 0 Å². The van der Waals surface area contributed by atoms with Crippen LogP contribution in [0.5, 0.6) is 5.75 Å². The molecule has 1 aromatic heterocycles. The summed E-state index contributed by atoms with van der Waals surface area (Å²) >= 11 is 0. The van der Waals surface area contributed by atoms with Gasteiger partial charge in [-0.05, 0) is 37.6 Å². The lowest BCUT2D eigenvalue weighted by Crippen LogP contribution is -2.19. The Labute approximate surface area is 111 Å². The number of nitrogens with one attached hydrogen (secondary N) is 1. The Balaban J connectivity index is 2.04. The molecule has 0 aliphatic carbocycles. The van der Waals surface area contributed by atoms with E-state index in [1.54, 1.807) is 7.11 Å². The average molecular weight is 256 g/mol. The van der Waals surface area contributed by atoms with Crippen molar-refractivity contribution in [3.63, 3.8) is 0 Å². The molecule has 5 heteroatoms.